The minimum atomic E-state index is -1.45. The first-order valence-corrected chi connectivity index (χ1v) is 25.9. The molecule has 0 amide bonds. The minimum Gasteiger partial charge on any atom is -0.507 e. The summed E-state index contributed by atoms with van der Waals surface area (Å²) in [5.74, 6) is -6.38. The summed E-state index contributed by atoms with van der Waals surface area (Å²) in [6.07, 6.45) is -0.141. The van der Waals surface area contributed by atoms with Gasteiger partial charge in [-0.25, -0.2) is 14.4 Å². The third-order valence-electron chi connectivity index (χ3n) is 12.6. The van der Waals surface area contributed by atoms with E-state index in [1.807, 2.05) is 140 Å². The number of carboxylic acid groups (broad SMARTS) is 6. The Morgan fingerprint density at radius 3 is 1.45 bits per heavy atom. The first-order chi connectivity index (χ1) is 41.2. The van der Waals surface area contributed by atoms with Gasteiger partial charge in [-0.15, -0.1) is 0 Å². The number of fused-ring (bicyclic) bond motifs is 4. The molecule has 2 unspecified atom stereocenters. The minimum absolute atomic E-state index is 0.0122. The predicted octanol–water partition coefficient (Wildman–Crippen LogP) is 11.9. The number of rotatable bonds is 15. The van der Waals surface area contributed by atoms with E-state index in [2.05, 4.69) is 0 Å². The summed E-state index contributed by atoms with van der Waals surface area (Å²) in [4.78, 5) is 74.0. The molecule has 0 fully saturated rings. The lowest BCUT2D eigenvalue weighted by molar-refractivity contribution is -0.384. The molecule has 86 heavy (non-hydrogen) atoms. The lowest BCUT2D eigenvalue weighted by atomic mass is 9.92. The molecular weight excluding hydrogens is 1110 g/mol. The Balaban J connectivity index is 0.000000189. The number of carbonyl (C=O) groups is 6. The summed E-state index contributed by atoms with van der Waals surface area (Å²) in [7, 11) is 2.87. The van der Waals surface area contributed by atoms with Crippen LogP contribution in [0.5, 0.6) is 11.5 Å². The number of hydrogen-bond acceptors (Lipinski definition) is 12. The van der Waals surface area contributed by atoms with Gasteiger partial charge in [0.05, 0.1) is 18.5 Å². The summed E-state index contributed by atoms with van der Waals surface area (Å²) in [5.41, 5.74) is 7.53. The van der Waals surface area contributed by atoms with Gasteiger partial charge in [-0.05, 0) is 85.1 Å². The lowest BCUT2D eigenvalue weighted by Gasteiger charge is -2.12. The van der Waals surface area contributed by atoms with Gasteiger partial charge < -0.3 is 50.3 Å². The molecule has 8 N–H and O–H groups in total. The normalized spacial score (nSPS) is 11.4. The quantitative estimate of drug-likeness (QED) is 0.0269. The predicted molar refractivity (Wildman–Crippen MR) is 320 cm³/mol. The van der Waals surface area contributed by atoms with E-state index in [1.54, 1.807) is 54.6 Å². The maximum absolute atomic E-state index is 11.3. The number of non-ortho nitro benzene ring substituents is 1. The molecular formula is C67H59NO18. The van der Waals surface area contributed by atoms with Gasteiger partial charge in [0.25, 0.3) is 5.69 Å². The highest BCUT2D eigenvalue weighted by Gasteiger charge is 2.33. The zero-order valence-electron chi connectivity index (χ0n) is 46.1. The highest BCUT2D eigenvalue weighted by molar-refractivity contribution is 5.93. The Morgan fingerprint density at radius 2 is 1.02 bits per heavy atom. The lowest BCUT2D eigenvalue weighted by Crippen LogP contribution is -2.12. The molecule has 0 aliphatic heterocycles. The van der Waals surface area contributed by atoms with Crippen LogP contribution in [0.25, 0.3) is 28.0 Å². The third kappa shape index (κ3) is 19.4. The van der Waals surface area contributed by atoms with Crippen molar-refractivity contribution in [3.8, 4) is 22.6 Å². The second-order valence-corrected chi connectivity index (χ2v) is 18.3. The van der Waals surface area contributed by atoms with E-state index in [9.17, 15) is 59.3 Å². The third-order valence-corrected chi connectivity index (χ3v) is 12.6. The number of nitro benzene ring substituents is 1. The largest absolute Gasteiger partial charge is 0.507 e. The molecule has 0 aromatic heterocycles. The Bertz CT molecular complexity index is 3660. The molecule has 0 saturated heterocycles. The van der Waals surface area contributed by atoms with E-state index in [4.69, 9.17) is 29.9 Å². The number of aliphatic hydroxyl groups excluding tert-OH is 1. The molecule has 9 aromatic rings. The maximum atomic E-state index is 11.3. The average Bonchev–Trinajstić information content (AvgIpc) is 3.12. The van der Waals surface area contributed by atoms with Crippen LogP contribution in [0, 0.1) is 10.1 Å². The van der Waals surface area contributed by atoms with Crippen LogP contribution in [0.15, 0.2) is 231 Å². The van der Waals surface area contributed by atoms with Gasteiger partial charge in [0, 0.05) is 36.9 Å². The molecule has 0 radical (unpaired) electrons. The van der Waals surface area contributed by atoms with Crippen LogP contribution in [0.4, 0.5) is 5.69 Å². The summed E-state index contributed by atoms with van der Waals surface area (Å²) < 4.78 is 9.67. The van der Waals surface area contributed by atoms with Crippen LogP contribution in [0.3, 0.4) is 0 Å². The summed E-state index contributed by atoms with van der Waals surface area (Å²) in [6, 6.07) is 65.6. The molecule has 1 aliphatic rings. The van der Waals surface area contributed by atoms with Crippen LogP contribution in [-0.2, 0) is 39.9 Å². The number of methoxy groups -OCH3 is 2. The van der Waals surface area contributed by atoms with Crippen molar-refractivity contribution in [2.45, 2.75) is 30.5 Å². The average molecular weight is 1170 g/mol. The summed E-state index contributed by atoms with van der Waals surface area (Å²) >= 11 is 0. The van der Waals surface area contributed by atoms with Crippen molar-refractivity contribution < 1.29 is 84.0 Å². The second-order valence-electron chi connectivity index (χ2n) is 18.3. The van der Waals surface area contributed by atoms with Crippen molar-refractivity contribution in [3.05, 3.63) is 285 Å². The van der Waals surface area contributed by atoms with E-state index in [0.29, 0.717) is 28.0 Å². The van der Waals surface area contributed by atoms with Gasteiger partial charge in [0.2, 0.25) is 0 Å². The van der Waals surface area contributed by atoms with E-state index >= 15 is 0 Å². The Morgan fingerprint density at radius 1 is 0.535 bits per heavy atom. The van der Waals surface area contributed by atoms with Crippen molar-refractivity contribution in [2.24, 2.45) is 0 Å². The van der Waals surface area contributed by atoms with Crippen molar-refractivity contribution in [2.75, 3.05) is 14.2 Å². The molecule has 1 aliphatic carbocycles. The number of hydrogen-bond donors (Lipinski definition) is 8. The van der Waals surface area contributed by atoms with Gasteiger partial charge >= 0.3 is 35.8 Å². The van der Waals surface area contributed by atoms with E-state index in [0.717, 1.165) is 50.2 Å². The molecule has 0 bridgehead atoms. The number of aliphatic hydroxyl groups is 1. The van der Waals surface area contributed by atoms with E-state index in [-0.39, 0.29) is 17.9 Å². The van der Waals surface area contributed by atoms with Crippen LogP contribution < -0.4 is 4.74 Å². The number of aliphatic carboxylic acids is 6. The fourth-order valence-electron chi connectivity index (χ4n) is 8.58. The standard InChI is InChI=1S/C14H10O2.C14H12O2.C12H10O3.C10H10O4.C9H10O3.C8H7NO4/c15-14(16)13-11-7-3-1-5-9(11)10-6-2-4-8-12(10)13;15-14(16)13(11-7-3-1-4-8-11)12-9-5-2-6-10-12;13-11(12(14)15)10-6-5-8-3-1-2-4-9(8)7-10;1-14-8-4-2-7(9(11)6-8)3-5-10(12)13;1-12-8(9(10)11)7-5-3-2-4-6-7;10-8(11)5-6-1-3-7(4-2-6)9(12)13/h1-8,13H,(H,15,16);1-10,13H,(H,15,16);1-7,11,13H,(H,14,15);2-6,11H,1H3,(H,12,13);2-6,8H,1H3,(H,10,11);1-4H,5H2,(H,10,11)/b;;;5-3+;;. The maximum Gasteiger partial charge on any atom is 0.337 e. The Kier molecular flexibility index (Phi) is 25.1. The van der Waals surface area contributed by atoms with E-state index < -0.39 is 64.8 Å². The summed E-state index contributed by atoms with van der Waals surface area (Å²) in [5, 5.41) is 83.7. The number of nitro groups is 1. The van der Waals surface area contributed by atoms with Gasteiger partial charge in [0.15, 0.2) is 12.2 Å². The molecule has 19 heteroatoms. The topological polar surface area (TPSA) is 326 Å². The highest BCUT2D eigenvalue weighted by Crippen LogP contribution is 2.44. The molecule has 19 nitrogen and oxygen atoms in total. The molecule has 440 valence electrons. The monoisotopic (exact) mass is 1170 g/mol. The van der Waals surface area contributed by atoms with E-state index in [1.165, 1.54) is 50.6 Å². The van der Waals surface area contributed by atoms with Gasteiger partial charge in [-0.2, -0.15) is 0 Å². The molecule has 10 rings (SSSR count). The second kappa shape index (κ2) is 33.0. The Labute approximate surface area is 493 Å². The number of phenols is 1. The molecule has 0 saturated carbocycles. The number of benzene rings is 9. The van der Waals surface area contributed by atoms with Crippen LogP contribution >= 0.6 is 0 Å². The molecule has 0 heterocycles. The summed E-state index contributed by atoms with van der Waals surface area (Å²) in [6.45, 7) is 0. The van der Waals surface area contributed by atoms with Crippen molar-refractivity contribution in [3.63, 3.8) is 0 Å². The number of nitrogens with zero attached hydrogens (tertiary/aromatic N) is 1. The molecule has 2 atom stereocenters. The van der Waals surface area contributed by atoms with Gasteiger partial charge in [-0.3, -0.25) is 24.5 Å². The fourth-order valence-corrected chi connectivity index (χ4v) is 8.58. The van der Waals surface area contributed by atoms with Crippen LogP contribution in [0.2, 0.25) is 0 Å². The first-order valence-electron chi connectivity index (χ1n) is 25.9. The number of phenolic OH excluding ortho intramolecular Hbond substituents is 1. The molecule has 9 aromatic carbocycles. The Hall–Kier alpha value is -11.3. The first kappa shape index (κ1) is 65.5. The van der Waals surface area contributed by atoms with Gasteiger partial charge in [-0.1, -0.05) is 188 Å². The van der Waals surface area contributed by atoms with Crippen molar-refractivity contribution in [1.82, 2.24) is 0 Å². The van der Waals surface area contributed by atoms with Gasteiger partial charge in [0.1, 0.15) is 23.3 Å². The number of aromatic hydroxyl groups is 1. The zero-order chi connectivity index (χ0) is 62.7. The SMILES string of the molecule is COC(C(=O)O)c1ccccc1.COc1ccc(/C=C/C(=O)O)c(O)c1.O=C(O)C(O)c1ccc2ccccc2c1.O=C(O)C(c1ccccc1)c1ccccc1.O=C(O)C1c2ccccc2-c2ccccc21.O=C(O)Cc1ccc([N+](=O)[O-])cc1. The van der Waals surface area contributed by atoms with Crippen LogP contribution in [0.1, 0.15) is 68.6 Å². The van der Waals surface area contributed by atoms with Crippen LogP contribution in [-0.4, -0.2) is 95.8 Å². The highest BCUT2D eigenvalue weighted by atomic mass is 16.6. The van der Waals surface area contributed by atoms with Crippen molar-refractivity contribution in [1.29, 1.82) is 0 Å². The number of ether oxygens (including phenoxy) is 2. The smallest absolute Gasteiger partial charge is 0.337 e. The van der Waals surface area contributed by atoms with Crippen molar-refractivity contribution >= 4 is 58.4 Å². The number of carboxylic acids is 6. The fraction of sp³-hybridized carbons (Fsp3) is 0.104. The molecule has 0 spiro atoms. The zero-order valence-corrected chi connectivity index (χ0v) is 46.1.